The maximum atomic E-state index is 13.5. The Morgan fingerprint density at radius 2 is 1.66 bits per heavy atom. The van der Waals surface area contributed by atoms with Crippen molar-refractivity contribution < 1.29 is 18.9 Å². The molecule has 1 unspecified atom stereocenters. The molecule has 2 amide bonds. The van der Waals surface area contributed by atoms with Gasteiger partial charge < -0.3 is 20.4 Å². The van der Waals surface area contributed by atoms with Crippen LogP contribution in [0.2, 0.25) is 0 Å². The highest BCUT2D eigenvalue weighted by molar-refractivity contribution is 6.48. The average molecular weight is 560 g/mol. The second-order valence-electron chi connectivity index (χ2n) is 12.5. The van der Waals surface area contributed by atoms with Gasteiger partial charge in [0, 0.05) is 18.7 Å². The van der Waals surface area contributed by atoms with Crippen molar-refractivity contribution >= 4 is 24.5 Å². The molecule has 3 N–H and O–H groups in total. The number of primary amides is 1. The molecule has 1 atom stereocenters. The van der Waals surface area contributed by atoms with Crippen LogP contribution in [0.4, 0.5) is 0 Å². The first kappa shape index (κ1) is 31.0. The average Bonchev–Trinajstić information content (AvgIpc) is 3.13. The minimum Gasteiger partial charge on any atom is -0.402 e. The number of nitrogens with two attached hydrogens (primary N) is 1. The van der Waals surface area contributed by atoms with Gasteiger partial charge in [-0.1, -0.05) is 55.8 Å². The number of amides is 2. The molecule has 0 spiro atoms. The lowest BCUT2D eigenvalue weighted by atomic mass is 9.74. The standard InChI is InChI=1S/C33H46BN3O4/c1-8-27(28(9-2)31(35)39)25-15-14-24-16-17-37(20-26(24)19-25)21-30(38)36-29(18-23-12-10-22(3)11-13-23)34-40-32(4,5)33(6,7)41-34/h10-15,19,29H,8-9,16-18,20-21H2,1-7H3,(H2,35,39)(H,36,38). The molecule has 2 aromatic rings. The van der Waals surface area contributed by atoms with Gasteiger partial charge in [0.2, 0.25) is 11.8 Å². The van der Waals surface area contributed by atoms with Crippen LogP contribution < -0.4 is 11.1 Å². The number of allylic oxidation sites excluding steroid dienone is 1. The van der Waals surface area contributed by atoms with E-state index in [4.69, 9.17) is 15.0 Å². The largest absolute Gasteiger partial charge is 0.482 e. The maximum absolute atomic E-state index is 13.5. The molecule has 0 bridgehead atoms. The smallest absolute Gasteiger partial charge is 0.402 e. The molecule has 4 rings (SSSR count). The highest BCUT2D eigenvalue weighted by atomic mass is 16.7. The molecular formula is C33H46BN3O4. The number of hydrogen-bond acceptors (Lipinski definition) is 5. The number of nitrogens with one attached hydrogen (secondary N) is 1. The van der Waals surface area contributed by atoms with Crippen LogP contribution in [0.25, 0.3) is 5.57 Å². The molecular weight excluding hydrogens is 513 g/mol. The van der Waals surface area contributed by atoms with Crippen LogP contribution in [0.5, 0.6) is 0 Å². The zero-order valence-corrected chi connectivity index (χ0v) is 25.8. The highest BCUT2D eigenvalue weighted by Gasteiger charge is 2.54. The van der Waals surface area contributed by atoms with Gasteiger partial charge in [0.1, 0.15) is 0 Å². The summed E-state index contributed by atoms with van der Waals surface area (Å²) in [5.41, 5.74) is 12.2. The monoisotopic (exact) mass is 559 g/mol. The number of aryl methyl sites for hydroxylation is 1. The molecule has 220 valence electrons. The Hall–Kier alpha value is -2.94. The summed E-state index contributed by atoms with van der Waals surface area (Å²) in [6.45, 7) is 16.0. The molecule has 0 aromatic heterocycles. The van der Waals surface area contributed by atoms with E-state index in [0.29, 0.717) is 25.0 Å². The van der Waals surface area contributed by atoms with Crippen molar-refractivity contribution in [3.63, 3.8) is 0 Å². The van der Waals surface area contributed by atoms with E-state index in [1.807, 2.05) is 34.6 Å². The number of hydrogen-bond donors (Lipinski definition) is 2. The molecule has 2 aromatic carbocycles. The zero-order chi connectivity index (χ0) is 29.9. The van der Waals surface area contributed by atoms with E-state index in [2.05, 4.69) is 66.5 Å². The summed E-state index contributed by atoms with van der Waals surface area (Å²) in [5.74, 6) is -0.733. The topological polar surface area (TPSA) is 93.9 Å². The van der Waals surface area contributed by atoms with Gasteiger partial charge in [-0.05, 0) is 94.2 Å². The van der Waals surface area contributed by atoms with Crippen molar-refractivity contribution in [1.82, 2.24) is 10.2 Å². The SMILES string of the molecule is CCC(C(N)=O)=C(CC)c1ccc2c(c1)CN(CC(=O)NC(Cc1ccc(C)cc1)B1OC(C)(C)C(C)(C)O1)CC2. The lowest BCUT2D eigenvalue weighted by molar-refractivity contribution is -0.123. The maximum Gasteiger partial charge on any atom is 0.482 e. The van der Waals surface area contributed by atoms with E-state index in [9.17, 15) is 9.59 Å². The third kappa shape index (κ3) is 7.11. The Morgan fingerprint density at radius 3 is 2.24 bits per heavy atom. The van der Waals surface area contributed by atoms with E-state index < -0.39 is 18.3 Å². The quantitative estimate of drug-likeness (QED) is 0.323. The molecule has 0 saturated carbocycles. The summed E-state index contributed by atoms with van der Waals surface area (Å²) in [5, 5.41) is 3.25. The fourth-order valence-corrected chi connectivity index (χ4v) is 5.77. The zero-order valence-electron chi connectivity index (χ0n) is 25.8. The number of rotatable bonds is 10. The van der Waals surface area contributed by atoms with Crippen LogP contribution in [-0.2, 0) is 38.3 Å². The molecule has 7 nitrogen and oxygen atoms in total. The highest BCUT2D eigenvalue weighted by Crippen LogP contribution is 2.38. The van der Waals surface area contributed by atoms with Gasteiger partial charge in [-0.2, -0.15) is 0 Å². The van der Waals surface area contributed by atoms with Crippen molar-refractivity contribution in [3.8, 4) is 0 Å². The van der Waals surface area contributed by atoms with Gasteiger partial charge in [-0.3, -0.25) is 14.5 Å². The van der Waals surface area contributed by atoms with Crippen LogP contribution in [-0.4, -0.2) is 54.1 Å². The molecule has 0 radical (unpaired) electrons. The van der Waals surface area contributed by atoms with Gasteiger partial charge in [-0.15, -0.1) is 0 Å². The number of fused-ring (bicyclic) bond motifs is 1. The number of carbonyl (C=O) groups is 2. The molecule has 2 aliphatic rings. The Balaban J connectivity index is 1.48. The summed E-state index contributed by atoms with van der Waals surface area (Å²) in [6, 6.07) is 14.8. The molecule has 2 heterocycles. The molecule has 1 saturated heterocycles. The fourth-order valence-electron chi connectivity index (χ4n) is 5.77. The second-order valence-corrected chi connectivity index (χ2v) is 12.5. The number of benzene rings is 2. The summed E-state index contributed by atoms with van der Waals surface area (Å²) in [4.78, 5) is 27.7. The predicted molar refractivity (Wildman–Crippen MR) is 165 cm³/mol. The summed E-state index contributed by atoms with van der Waals surface area (Å²) in [7, 11) is -0.549. The Bertz CT molecular complexity index is 1290. The first-order valence-electron chi connectivity index (χ1n) is 14.9. The van der Waals surface area contributed by atoms with Gasteiger partial charge in [0.05, 0.1) is 23.7 Å². The van der Waals surface area contributed by atoms with E-state index in [-0.39, 0.29) is 24.3 Å². The third-order valence-electron chi connectivity index (χ3n) is 8.90. The predicted octanol–water partition coefficient (Wildman–Crippen LogP) is 4.77. The van der Waals surface area contributed by atoms with E-state index in [1.165, 1.54) is 16.7 Å². The lowest BCUT2D eigenvalue weighted by Crippen LogP contribution is -2.52. The Morgan fingerprint density at radius 1 is 1.00 bits per heavy atom. The normalized spacial score (nSPS) is 19.3. The lowest BCUT2D eigenvalue weighted by Gasteiger charge is -2.32. The van der Waals surface area contributed by atoms with Crippen molar-refractivity contribution in [2.45, 2.75) is 97.8 Å². The van der Waals surface area contributed by atoms with E-state index in [0.717, 1.165) is 36.1 Å². The van der Waals surface area contributed by atoms with Crippen molar-refractivity contribution in [1.29, 1.82) is 0 Å². The fraction of sp³-hybridized carbons (Fsp3) is 0.515. The van der Waals surface area contributed by atoms with Crippen molar-refractivity contribution in [3.05, 3.63) is 75.9 Å². The van der Waals surface area contributed by atoms with Crippen LogP contribution in [0.1, 0.15) is 82.2 Å². The van der Waals surface area contributed by atoms with Gasteiger partial charge in [-0.25, -0.2) is 0 Å². The molecule has 1 fully saturated rings. The molecule has 2 aliphatic heterocycles. The third-order valence-corrected chi connectivity index (χ3v) is 8.90. The van der Waals surface area contributed by atoms with Crippen LogP contribution >= 0.6 is 0 Å². The van der Waals surface area contributed by atoms with E-state index in [1.54, 1.807) is 0 Å². The molecule has 41 heavy (non-hydrogen) atoms. The van der Waals surface area contributed by atoms with Gasteiger partial charge >= 0.3 is 7.12 Å². The summed E-state index contributed by atoms with van der Waals surface area (Å²) in [6.07, 6.45) is 2.82. The minimum atomic E-state index is -0.549. The first-order chi connectivity index (χ1) is 19.3. The van der Waals surface area contributed by atoms with Crippen LogP contribution in [0.3, 0.4) is 0 Å². The number of carbonyl (C=O) groups excluding carboxylic acids is 2. The van der Waals surface area contributed by atoms with E-state index >= 15 is 0 Å². The van der Waals surface area contributed by atoms with Crippen LogP contribution in [0.15, 0.2) is 48.0 Å². The minimum absolute atomic E-state index is 0.0485. The first-order valence-corrected chi connectivity index (χ1v) is 14.9. The van der Waals surface area contributed by atoms with Crippen molar-refractivity contribution in [2.75, 3.05) is 13.1 Å². The Kier molecular flexibility index (Phi) is 9.47. The Labute approximate surface area is 246 Å². The summed E-state index contributed by atoms with van der Waals surface area (Å²) < 4.78 is 12.7. The van der Waals surface area contributed by atoms with Crippen molar-refractivity contribution in [2.24, 2.45) is 5.73 Å². The molecule has 8 heteroatoms. The summed E-state index contributed by atoms with van der Waals surface area (Å²) >= 11 is 0. The molecule has 0 aliphatic carbocycles. The second kappa shape index (κ2) is 12.5. The van der Waals surface area contributed by atoms with Gasteiger partial charge in [0.15, 0.2) is 0 Å². The van der Waals surface area contributed by atoms with Crippen LogP contribution in [0, 0.1) is 6.92 Å². The van der Waals surface area contributed by atoms with Gasteiger partial charge in [0.25, 0.3) is 0 Å². The number of nitrogens with zero attached hydrogens (tertiary/aromatic N) is 1.